The third-order valence-electron chi connectivity index (χ3n) is 7.82. The molecule has 4 rings (SSSR count). The first-order valence-corrected chi connectivity index (χ1v) is 14.5. The largest absolute Gasteiger partial charge is 0.489 e. The number of aliphatic carboxylic acids is 1. The maximum Gasteiger partial charge on any atom is 0.328 e. The Morgan fingerprint density at radius 3 is 2.44 bits per heavy atom. The van der Waals surface area contributed by atoms with Gasteiger partial charge < -0.3 is 30.7 Å². The maximum absolute atomic E-state index is 12.9. The van der Waals surface area contributed by atoms with E-state index < -0.39 is 23.8 Å². The van der Waals surface area contributed by atoms with Crippen molar-refractivity contribution in [3.63, 3.8) is 0 Å². The molecule has 0 saturated carbocycles. The van der Waals surface area contributed by atoms with E-state index in [-0.39, 0.29) is 23.9 Å². The van der Waals surface area contributed by atoms with Crippen LogP contribution in [0.5, 0.6) is 5.75 Å². The molecule has 10 heteroatoms. The predicted molar refractivity (Wildman–Crippen MR) is 153 cm³/mol. The summed E-state index contributed by atoms with van der Waals surface area (Å²) < 4.78 is 5.73. The fourth-order valence-electron chi connectivity index (χ4n) is 5.31. The molecule has 0 bridgehead atoms. The molecule has 2 aromatic rings. The molecule has 0 unspecified atom stereocenters. The van der Waals surface area contributed by atoms with Crippen LogP contribution < -0.4 is 20.7 Å². The van der Waals surface area contributed by atoms with Crippen molar-refractivity contribution in [2.75, 3.05) is 32.7 Å². The van der Waals surface area contributed by atoms with E-state index in [0.717, 1.165) is 44.3 Å². The number of benzene rings is 2. The van der Waals surface area contributed by atoms with Gasteiger partial charge in [0.2, 0.25) is 11.8 Å². The van der Waals surface area contributed by atoms with Crippen molar-refractivity contribution in [2.45, 2.75) is 51.2 Å². The summed E-state index contributed by atoms with van der Waals surface area (Å²) in [5.74, 6) is -1.30. The minimum atomic E-state index is -1.30. The summed E-state index contributed by atoms with van der Waals surface area (Å²) in [7, 11) is 0. The van der Waals surface area contributed by atoms with E-state index >= 15 is 0 Å². The average molecular weight is 565 g/mol. The van der Waals surface area contributed by atoms with Crippen LogP contribution in [0, 0.1) is 11.8 Å². The number of hydrogen-bond donors (Lipinski definition) is 4. The number of amides is 3. The van der Waals surface area contributed by atoms with Crippen molar-refractivity contribution in [3.05, 3.63) is 65.7 Å². The van der Waals surface area contributed by atoms with Crippen molar-refractivity contribution in [1.29, 1.82) is 0 Å². The number of hydrogen-bond acceptors (Lipinski definition) is 6. The zero-order valence-corrected chi connectivity index (χ0v) is 23.3. The Hall–Kier alpha value is -3.92. The van der Waals surface area contributed by atoms with E-state index in [9.17, 15) is 24.3 Å². The summed E-state index contributed by atoms with van der Waals surface area (Å²) in [4.78, 5) is 52.0. The molecule has 0 spiro atoms. The Kier molecular flexibility index (Phi) is 11.1. The summed E-state index contributed by atoms with van der Waals surface area (Å²) in [6.07, 6.45) is 4.90. The van der Waals surface area contributed by atoms with Crippen molar-refractivity contribution in [1.82, 2.24) is 20.9 Å². The Morgan fingerprint density at radius 1 is 1.00 bits per heavy atom. The molecule has 2 fully saturated rings. The second-order valence-electron chi connectivity index (χ2n) is 10.8. The van der Waals surface area contributed by atoms with Crippen molar-refractivity contribution < 1.29 is 29.0 Å². The molecule has 2 atom stereocenters. The molecule has 0 radical (unpaired) electrons. The van der Waals surface area contributed by atoms with Gasteiger partial charge in [-0.25, -0.2) is 4.79 Å². The van der Waals surface area contributed by atoms with Crippen molar-refractivity contribution in [3.8, 4) is 5.75 Å². The topological polar surface area (TPSA) is 137 Å². The fourth-order valence-corrected chi connectivity index (χ4v) is 5.31. The number of piperidine rings is 2. The Morgan fingerprint density at radius 2 is 1.73 bits per heavy atom. The van der Waals surface area contributed by atoms with Gasteiger partial charge in [-0.15, -0.1) is 0 Å². The summed E-state index contributed by atoms with van der Waals surface area (Å²) in [5.41, 5.74) is 1.29. The van der Waals surface area contributed by atoms with Crippen LogP contribution in [0.4, 0.5) is 0 Å². The molecule has 2 heterocycles. The Bertz CT molecular complexity index is 1170. The number of nitrogens with one attached hydrogen (secondary N) is 3. The van der Waals surface area contributed by atoms with Crippen molar-refractivity contribution >= 4 is 23.7 Å². The van der Waals surface area contributed by atoms with Crippen LogP contribution in [-0.2, 0) is 21.0 Å². The van der Waals surface area contributed by atoms with Crippen LogP contribution in [0.1, 0.15) is 54.4 Å². The highest BCUT2D eigenvalue weighted by molar-refractivity contribution is 5.96. The zero-order valence-electron chi connectivity index (χ0n) is 23.3. The van der Waals surface area contributed by atoms with Gasteiger partial charge in [0.05, 0.1) is 5.92 Å². The van der Waals surface area contributed by atoms with Crippen LogP contribution >= 0.6 is 0 Å². The Labute approximate surface area is 240 Å². The van der Waals surface area contributed by atoms with E-state index in [1.807, 2.05) is 30.3 Å². The predicted octanol–water partition coefficient (Wildman–Crippen LogP) is 2.58. The van der Waals surface area contributed by atoms with Crippen LogP contribution in [0.2, 0.25) is 0 Å². The van der Waals surface area contributed by atoms with Crippen LogP contribution in [0.15, 0.2) is 54.6 Å². The van der Waals surface area contributed by atoms with E-state index in [1.165, 1.54) is 0 Å². The normalized spacial score (nSPS) is 18.2. The summed E-state index contributed by atoms with van der Waals surface area (Å²) >= 11 is 0. The molecule has 0 aromatic heterocycles. The summed E-state index contributed by atoms with van der Waals surface area (Å²) in [6.45, 7) is 3.10. The number of carbonyl (C=O) groups is 4. The number of rotatable bonds is 12. The van der Waals surface area contributed by atoms with Crippen LogP contribution in [0.25, 0.3) is 0 Å². The second-order valence-corrected chi connectivity index (χ2v) is 10.8. The molecular formula is C31H40N4O6. The van der Waals surface area contributed by atoms with Gasteiger partial charge in [0, 0.05) is 31.6 Å². The second kappa shape index (κ2) is 15.2. The smallest absolute Gasteiger partial charge is 0.328 e. The van der Waals surface area contributed by atoms with Gasteiger partial charge in [0.15, 0.2) is 0 Å². The number of carboxylic acids is 1. The summed E-state index contributed by atoms with van der Waals surface area (Å²) in [6, 6.07) is 14.8. The number of ether oxygens (including phenoxy) is 1. The van der Waals surface area contributed by atoms with Gasteiger partial charge in [-0.1, -0.05) is 30.3 Å². The molecule has 220 valence electrons. The van der Waals surface area contributed by atoms with Crippen LogP contribution in [-0.4, -0.2) is 72.5 Å². The van der Waals surface area contributed by atoms with E-state index in [4.69, 9.17) is 4.74 Å². The summed E-state index contributed by atoms with van der Waals surface area (Å²) in [5, 5.41) is 18.1. The first kappa shape index (κ1) is 30.0. The average Bonchev–Trinajstić information content (AvgIpc) is 3.01. The quantitative estimate of drug-likeness (QED) is 0.311. The van der Waals surface area contributed by atoms with E-state index in [2.05, 4.69) is 16.0 Å². The standard InChI is InChI=1S/C31H40N4O6/c36-28(13-8-22-14-16-32-17-15-22)35-18-4-7-25(20-35)29(37)33-19-27(31(39)40)34-30(38)24-9-11-26(12-10-24)41-21-23-5-2-1-3-6-23/h1-3,5-6,9-12,22,25,27,32H,4,7-8,13-21H2,(H,33,37)(H,34,38)(H,39,40)/t25-,27-/m1/s1. The van der Waals surface area contributed by atoms with Gasteiger partial charge in [0.25, 0.3) is 5.91 Å². The lowest BCUT2D eigenvalue weighted by molar-refractivity contribution is -0.139. The minimum absolute atomic E-state index is 0.0770. The lowest BCUT2D eigenvalue weighted by atomic mass is 9.92. The molecule has 10 nitrogen and oxygen atoms in total. The highest BCUT2D eigenvalue weighted by Crippen LogP contribution is 2.22. The molecule has 2 aromatic carbocycles. The lowest BCUT2D eigenvalue weighted by Crippen LogP contribution is -2.51. The van der Waals surface area contributed by atoms with E-state index in [1.54, 1.807) is 29.2 Å². The molecule has 41 heavy (non-hydrogen) atoms. The van der Waals surface area contributed by atoms with Gasteiger partial charge in [-0.2, -0.15) is 0 Å². The first-order valence-electron chi connectivity index (χ1n) is 14.5. The number of likely N-dealkylation sites (tertiary alicyclic amines) is 1. The zero-order chi connectivity index (χ0) is 29.0. The van der Waals surface area contributed by atoms with Gasteiger partial charge in [-0.3, -0.25) is 14.4 Å². The van der Waals surface area contributed by atoms with Gasteiger partial charge in [0.1, 0.15) is 18.4 Å². The maximum atomic E-state index is 12.9. The number of nitrogens with zero attached hydrogens (tertiary/aromatic N) is 1. The van der Waals surface area contributed by atoms with Gasteiger partial charge >= 0.3 is 5.97 Å². The molecule has 2 saturated heterocycles. The number of carbonyl (C=O) groups excluding carboxylic acids is 3. The SMILES string of the molecule is O=C(N[C@H](CNC(=O)[C@@H]1CCCN(C(=O)CCC2CCNCC2)C1)C(=O)O)c1ccc(OCc2ccccc2)cc1. The number of carboxylic acid groups (broad SMARTS) is 1. The van der Waals surface area contributed by atoms with Crippen LogP contribution in [0.3, 0.4) is 0 Å². The monoisotopic (exact) mass is 564 g/mol. The molecule has 2 aliphatic rings. The molecule has 4 N–H and O–H groups in total. The molecule has 0 aliphatic carbocycles. The van der Waals surface area contributed by atoms with Crippen molar-refractivity contribution in [2.24, 2.45) is 11.8 Å². The highest BCUT2D eigenvalue weighted by atomic mass is 16.5. The highest BCUT2D eigenvalue weighted by Gasteiger charge is 2.30. The third kappa shape index (κ3) is 9.31. The third-order valence-corrected chi connectivity index (χ3v) is 7.82. The Balaban J connectivity index is 1.22. The lowest BCUT2D eigenvalue weighted by Gasteiger charge is -2.33. The minimum Gasteiger partial charge on any atom is -0.489 e. The van der Waals surface area contributed by atoms with Gasteiger partial charge in [-0.05, 0) is 80.9 Å². The molecule has 3 amide bonds. The fraction of sp³-hybridized carbons (Fsp3) is 0.484. The first-order chi connectivity index (χ1) is 19.9. The molecular weight excluding hydrogens is 524 g/mol. The van der Waals surface area contributed by atoms with E-state index in [0.29, 0.717) is 44.2 Å². The molecule has 2 aliphatic heterocycles.